The second-order valence-corrected chi connectivity index (χ2v) is 10.8. The van der Waals surface area contributed by atoms with E-state index in [1.54, 1.807) is 42.5 Å². The van der Waals surface area contributed by atoms with Gasteiger partial charge < -0.3 is 9.73 Å². The van der Waals surface area contributed by atoms with Crippen LogP contribution in [0, 0.1) is 0 Å². The first kappa shape index (κ1) is 24.8. The molecule has 10 heteroatoms. The number of carbonyl (C=O) groups is 2. The standard InChI is InChI=1S/C25H21ClN2O5S2/c1-16(29)27-21-8-5-6-18(12-21)15-34-24-11-10-20(26)14-22(24)28(17(2)30)35(31,32)25-13-19-7-3-4-9-23(19)33-25/h3-14H,15H2,1-2H3,(H,27,29). The predicted molar refractivity (Wildman–Crippen MR) is 138 cm³/mol. The third kappa shape index (κ3) is 5.53. The minimum absolute atomic E-state index is 0.133. The van der Waals surface area contributed by atoms with Crippen molar-refractivity contribution >= 4 is 67.5 Å². The number of nitrogens with one attached hydrogen (secondary N) is 1. The Morgan fingerprint density at radius 1 is 1.00 bits per heavy atom. The second kappa shape index (κ2) is 10.2. The van der Waals surface area contributed by atoms with Gasteiger partial charge in [-0.2, -0.15) is 12.7 Å². The summed E-state index contributed by atoms with van der Waals surface area (Å²) in [7, 11) is -4.36. The van der Waals surface area contributed by atoms with Gasteiger partial charge in [-0.15, -0.1) is 11.8 Å². The van der Waals surface area contributed by atoms with E-state index >= 15 is 0 Å². The van der Waals surface area contributed by atoms with E-state index in [1.165, 1.54) is 37.7 Å². The normalized spacial score (nSPS) is 11.4. The van der Waals surface area contributed by atoms with Crippen LogP contribution in [0.4, 0.5) is 11.4 Å². The van der Waals surface area contributed by atoms with E-state index in [0.29, 0.717) is 31.6 Å². The van der Waals surface area contributed by atoms with Crippen molar-refractivity contribution in [2.75, 3.05) is 9.62 Å². The zero-order valence-corrected chi connectivity index (χ0v) is 21.2. The lowest BCUT2D eigenvalue weighted by atomic mass is 10.2. The smallest absolute Gasteiger partial charge is 0.304 e. The fourth-order valence-corrected chi connectivity index (χ4v) is 6.11. The number of fused-ring (bicyclic) bond motifs is 1. The third-order valence-electron chi connectivity index (χ3n) is 4.96. The lowest BCUT2D eigenvalue weighted by Gasteiger charge is -2.22. The number of sulfonamides is 1. The van der Waals surface area contributed by atoms with Crippen LogP contribution < -0.4 is 9.62 Å². The van der Waals surface area contributed by atoms with Crippen molar-refractivity contribution in [2.24, 2.45) is 0 Å². The quantitative estimate of drug-likeness (QED) is 0.292. The Morgan fingerprint density at radius 2 is 1.77 bits per heavy atom. The molecule has 7 nitrogen and oxygen atoms in total. The first-order valence-corrected chi connectivity index (χ1v) is 13.3. The van der Waals surface area contributed by atoms with E-state index in [-0.39, 0.29) is 21.7 Å². The molecular formula is C25H21ClN2O5S2. The molecule has 3 aromatic carbocycles. The van der Waals surface area contributed by atoms with Crippen molar-refractivity contribution in [1.29, 1.82) is 0 Å². The fraction of sp³-hybridized carbons (Fsp3) is 0.120. The van der Waals surface area contributed by atoms with Crippen LogP contribution >= 0.6 is 23.4 Å². The summed E-state index contributed by atoms with van der Waals surface area (Å²) in [5, 5.41) is 3.28. The maximum absolute atomic E-state index is 13.5. The Labute approximate surface area is 212 Å². The molecule has 4 rings (SSSR count). The molecule has 0 radical (unpaired) electrons. The molecule has 0 fully saturated rings. The molecule has 0 unspecified atom stereocenters. The van der Waals surface area contributed by atoms with Gasteiger partial charge in [0.1, 0.15) is 5.58 Å². The molecule has 0 atom stereocenters. The zero-order chi connectivity index (χ0) is 25.2. The van der Waals surface area contributed by atoms with Gasteiger partial charge in [0.2, 0.25) is 16.9 Å². The van der Waals surface area contributed by atoms with Crippen molar-refractivity contribution in [3.8, 4) is 0 Å². The summed E-state index contributed by atoms with van der Waals surface area (Å²) in [5.41, 5.74) is 2.09. The number of carbonyl (C=O) groups excluding carboxylic acids is 2. The van der Waals surface area contributed by atoms with Crippen LogP contribution in [0.2, 0.25) is 5.02 Å². The summed E-state index contributed by atoms with van der Waals surface area (Å²) in [5.74, 6) is -0.428. The van der Waals surface area contributed by atoms with E-state index < -0.39 is 15.9 Å². The molecular weight excluding hydrogens is 508 g/mol. The second-order valence-electron chi connectivity index (χ2n) is 7.67. The molecule has 2 amide bonds. The van der Waals surface area contributed by atoms with Gasteiger partial charge >= 0.3 is 10.0 Å². The number of nitrogens with zero attached hydrogens (tertiary/aromatic N) is 1. The molecule has 0 aliphatic rings. The van der Waals surface area contributed by atoms with Gasteiger partial charge in [0, 0.05) is 46.7 Å². The number of anilines is 2. The molecule has 0 saturated carbocycles. The Hall–Kier alpha value is -3.27. The van der Waals surface area contributed by atoms with Crippen LogP contribution in [-0.2, 0) is 25.4 Å². The third-order valence-corrected chi connectivity index (χ3v) is 7.98. The van der Waals surface area contributed by atoms with Gasteiger partial charge in [0.25, 0.3) is 0 Å². The van der Waals surface area contributed by atoms with E-state index in [4.69, 9.17) is 16.0 Å². The molecule has 1 heterocycles. The summed E-state index contributed by atoms with van der Waals surface area (Å²) in [6.45, 7) is 2.60. The van der Waals surface area contributed by atoms with E-state index in [9.17, 15) is 18.0 Å². The highest BCUT2D eigenvalue weighted by atomic mass is 35.5. The predicted octanol–water partition coefficient (Wildman–Crippen LogP) is 6.08. The number of amides is 2. The van der Waals surface area contributed by atoms with Crippen molar-refractivity contribution < 1.29 is 22.4 Å². The first-order valence-electron chi connectivity index (χ1n) is 10.5. The minimum atomic E-state index is -4.36. The van der Waals surface area contributed by atoms with Gasteiger partial charge in [-0.1, -0.05) is 41.9 Å². The largest absolute Gasteiger partial charge is 0.443 e. The van der Waals surface area contributed by atoms with Crippen molar-refractivity contribution in [2.45, 2.75) is 29.6 Å². The summed E-state index contributed by atoms with van der Waals surface area (Å²) >= 11 is 7.54. The number of benzene rings is 3. The summed E-state index contributed by atoms with van der Waals surface area (Å²) in [6.07, 6.45) is 0. The number of halogens is 1. The summed E-state index contributed by atoms with van der Waals surface area (Å²) < 4.78 is 33.4. The molecule has 0 aliphatic carbocycles. The summed E-state index contributed by atoms with van der Waals surface area (Å²) in [4.78, 5) is 24.6. The lowest BCUT2D eigenvalue weighted by Crippen LogP contribution is -2.35. The Kier molecular flexibility index (Phi) is 7.20. The number of para-hydroxylation sites is 1. The number of hydrogen-bond donors (Lipinski definition) is 1. The average molecular weight is 529 g/mol. The highest BCUT2D eigenvalue weighted by Gasteiger charge is 2.33. The van der Waals surface area contributed by atoms with Crippen LogP contribution in [0.15, 0.2) is 87.2 Å². The molecule has 0 saturated heterocycles. The lowest BCUT2D eigenvalue weighted by molar-refractivity contribution is -0.115. The van der Waals surface area contributed by atoms with Gasteiger partial charge in [-0.25, -0.2) is 0 Å². The molecule has 1 aromatic heterocycles. The molecule has 35 heavy (non-hydrogen) atoms. The van der Waals surface area contributed by atoms with Gasteiger partial charge in [-0.05, 0) is 42.0 Å². The molecule has 0 bridgehead atoms. The molecule has 0 aliphatic heterocycles. The van der Waals surface area contributed by atoms with Crippen LogP contribution in [0.1, 0.15) is 19.4 Å². The Morgan fingerprint density at radius 3 is 2.49 bits per heavy atom. The maximum Gasteiger partial charge on any atom is 0.304 e. The molecule has 1 N–H and O–H groups in total. The summed E-state index contributed by atoms with van der Waals surface area (Å²) in [6, 6.07) is 20.3. The van der Waals surface area contributed by atoms with Crippen LogP contribution in [0.5, 0.6) is 0 Å². The topological polar surface area (TPSA) is 96.7 Å². The van der Waals surface area contributed by atoms with Crippen molar-refractivity contribution in [1.82, 2.24) is 0 Å². The Balaban J connectivity index is 1.70. The number of thioether (sulfide) groups is 1. The fourth-order valence-electron chi connectivity index (χ4n) is 3.52. The van der Waals surface area contributed by atoms with Gasteiger partial charge in [-0.3, -0.25) is 9.59 Å². The van der Waals surface area contributed by atoms with Crippen molar-refractivity contribution in [3.05, 3.63) is 83.4 Å². The monoisotopic (exact) mass is 528 g/mol. The first-order chi connectivity index (χ1) is 16.6. The minimum Gasteiger partial charge on any atom is -0.443 e. The highest BCUT2D eigenvalue weighted by molar-refractivity contribution is 7.99. The van der Waals surface area contributed by atoms with Crippen molar-refractivity contribution in [3.63, 3.8) is 0 Å². The molecule has 180 valence electrons. The SMILES string of the molecule is CC(=O)Nc1cccc(CSc2ccc(Cl)cc2N(C(C)=O)S(=O)(=O)c2cc3ccccc3o2)c1. The average Bonchev–Trinajstić information content (AvgIpc) is 3.23. The van der Waals surface area contributed by atoms with E-state index in [1.807, 2.05) is 18.2 Å². The van der Waals surface area contributed by atoms with Gasteiger partial charge in [0.05, 0.1) is 5.69 Å². The highest BCUT2D eigenvalue weighted by Crippen LogP contribution is 2.38. The Bertz CT molecular complexity index is 1500. The van der Waals surface area contributed by atoms with Crippen LogP contribution in [0.25, 0.3) is 11.0 Å². The number of furan rings is 1. The van der Waals surface area contributed by atoms with Crippen LogP contribution in [-0.4, -0.2) is 20.2 Å². The molecule has 4 aromatic rings. The van der Waals surface area contributed by atoms with E-state index in [2.05, 4.69) is 5.32 Å². The van der Waals surface area contributed by atoms with Crippen LogP contribution in [0.3, 0.4) is 0 Å². The zero-order valence-electron chi connectivity index (χ0n) is 18.8. The number of hydrogen-bond acceptors (Lipinski definition) is 6. The maximum atomic E-state index is 13.5. The van der Waals surface area contributed by atoms with E-state index in [0.717, 1.165) is 5.56 Å². The van der Waals surface area contributed by atoms with Gasteiger partial charge in [0.15, 0.2) is 0 Å². The molecule has 0 spiro atoms. The number of rotatable bonds is 7.